The van der Waals surface area contributed by atoms with Gasteiger partial charge in [-0.15, -0.1) is 0 Å². The second kappa shape index (κ2) is 15.0. The van der Waals surface area contributed by atoms with E-state index in [4.69, 9.17) is 11.5 Å². The van der Waals surface area contributed by atoms with Crippen LogP contribution in [0.1, 0.15) is 33.1 Å². The molecule has 1 amide bonds. The first-order valence-electron chi connectivity index (χ1n) is 12.9. The minimum atomic E-state index is -0.446. The van der Waals surface area contributed by atoms with E-state index in [1.54, 1.807) is 0 Å². The van der Waals surface area contributed by atoms with Gasteiger partial charge in [0, 0.05) is 21.6 Å². The minimum Gasteiger partial charge on any atom is -0.351 e. The van der Waals surface area contributed by atoms with Gasteiger partial charge in [-0.1, -0.05) is 86.3 Å². The summed E-state index contributed by atoms with van der Waals surface area (Å²) in [6, 6.07) is 29.9. The molecule has 0 aliphatic carbocycles. The second-order valence-electron chi connectivity index (χ2n) is 9.68. The van der Waals surface area contributed by atoms with Crippen molar-refractivity contribution in [2.45, 2.75) is 55.0 Å². The summed E-state index contributed by atoms with van der Waals surface area (Å²) in [6.45, 7) is 4.82. The maximum atomic E-state index is 11.7. The zero-order chi connectivity index (χ0) is 26.6. The van der Waals surface area contributed by atoms with Gasteiger partial charge in [0.25, 0.3) is 0 Å². The second-order valence-corrected chi connectivity index (χ2v) is 11.2. The molecule has 0 saturated heterocycles. The molecule has 0 fully saturated rings. The molecule has 37 heavy (non-hydrogen) atoms. The summed E-state index contributed by atoms with van der Waals surface area (Å²) < 4.78 is 0. The van der Waals surface area contributed by atoms with E-state index in [9.17, 15) is 4.79 Å². The molecule has 0 unspecified atom stereocenters. The fourth-order valence-corrected chi connectivity index (χ4v) is 5.28. The molecular weight excluding hydrogens is 494 g/mol. The highest BCUT2D eigenvalue weighted by Gasteiger charge is 2.17. The summed E-state index contributed by atoms with van der Waals surface area (Å²) >= 11 is 6.05. The van der Waals surface area contributed by atoms with Crippen LogP contribution in [0.4, 0.5) is 0 Å². The van der Waals surface area contributed by atoms with Crippen LogP contribution in [0.15, 0.2) is 94.7 Å². The van der Waals surface area contributed by atoms with E-state index in [1.165, 1.54) is 31.3 Å². The highest BCUT2D eigenvalue weighted by molar-refractivity contribution is 7.99. The largest absolute Gasteiger partial charge is 0.351 e. The SMILES string of the molecule is CC(C)C[C@H](CS)NC(=O)[C@H](N)CCCN.c1ccc2cc(Sc3ccc4ccccc4c3)ccc2c1. The van der Waals surface area contributed by atoms with Crippen molar-refractivity contribution in [2.75, 3.05) is 12.3 Å². The van der Waals surface area contributed by atoms with Crippen molar-refractivity contribution in [3.05, 3.63) is 84.9 Å². The molecule has 0 bridgehead atoms. The van der Waals surface area contributed by atoms with Gasteiger partial charge < -0.3 is 16.8 Å². The van der Waals surface area contributed by atoms with E-state index in [0.717, 1.165) is 12.8 Å². The van der Waals surface area contributed by atoms with Crippen LogP contribution in [0.3, 0.4) is 0 Å². The smallest absolute Gasteiger partial charge is 0.237 e. The maximum absolute atomic E-state index is 11.7. The summed E-state index contributed by atoms with van der Waals surface area (Å²) in [6.07, 6.45) is 2.35. The Hall–Kier alpha value is -2.51. The van der Waals surface area contributed by atoms with Crippen molar-refractivity contribution < 1.29 is 4.79 Å². The molecule has 4 aromatic carbocycles. The zero-order valence-electron chi connectivity index (χ0n) is 21.8. The van der Waals surface area contributed by atoms with Gasteiger partial charge in [-0.2, -0.15) is 12.6 Å². The summed E-state index contributed by atoms with van der Waals surface area (Å²) in [5, 5.41) is 8.10. The number of nitrogens with two attached hydrogens (primary N) is 2. The molecule has 5 N–H and O–H groups in total. The molecule has 2 atom stereocenters. The number of hydrogen-bond acceptors (Lipinski definition) is 5. The van der Waals surface area contributed by atoms with Crippen LogP contribution >= 0.6 is 24.4 Å². The highest BCUT2D eigenvalue weighted by atomic mass is 32.2. The quantitative estimate of drug-likeness (QED) is 0.172. The van der Waals surface area contributed by atoms with Gasteiger partial charge in [-0.25, -0.2) is 0 Å². The van der Waals surface area contributed by atoms with E-state index in [2.05, 4.69) is 117 Å². The molecule has 0 aromatic heterocycles. The number of thiol groups is 1. The van der Waals surface area contributed by atoms with E-state index >= 15 is 0 Å². The predicted molar refractivity (Wildman–Crippen MR) is 164 cm³/mol. The lowest BCUT2D eigenvalue weighted by atomic mass is 10.0. The summed E-state index contributed by atoms with van der Waals surface area (Å²) in [5.41, 5.74) is 11.1. The van der Waals surface area contributed by atoms with Crippen LogP contribution in [-0.2, 0) is 4.79 Å². The Morgan fingerprint density at radius 2 is 1.38 bits per heavy atom. The first kappa shape index (κ1) is 29.1. The van der Waals surface area contributed by atoms with Gasteiger partial charge in [-0.3, -0.25) is 4.79 Å². The van der Waals surface area contributed by atoms with Gasteiger partial charge in [0.1, 0.15) is 0 Å². The Kier molecular flexibility index (Phi) is 11.8. The third-order valence-corrected chi connectivity index (χ3v) is 7.48. The van der Waals surface area contributed by atoms with Crippen molar-refractivity contribution in [2.24, 2.45) is 17.4 Å². The van der Waals surface area contributed by atoms with Gasteiger partial charge in [-0.05, 0) is 77.5 Å². The molecule has 4 aromatic rings. The summed E-state index contributed by atoms with van der Waals surface area (Å²) in [7, 11) is 0. The Morgan fingerprint density at radius 3 is 1.84 bits per heavy atom. The molecule has 196 valence electrons. The van der Waals surface area contributed by atoms with Gasteiger partial charge >= 0.3 is 0 Å². The standard InChI is InChI=1S/C20H14S.C11H25N3OS/c1-3-7-17-13-19(11-9-15(17)5-1)21-20-12-10-16-6-2-4-8-18(16)14-20;1-8(2)6-9(7-16)14-11(15)10(13)4-3-5-12/h1-14H;8-10,16H,3-7,12-13H2,1-2H3,(H,14,15)/t;9-,10-/m.1/s1. The fourth-order valence-electron chi connectivity index (χ4n) is 4.12. The lowest BCUT2D eigenvalue weighted by molar-refractivity contribution is -0.123. The molecule has 0 spiro atoms. The normalized spacial score (nSPS) is 12.7. The average molecular weight is 534 g/mol. The van der Waals surface area contributed by atoms with Crippen LogP contribution in [0.2, 0.25) is 0 Å². The summed E-state index contributed by atoms with van der Waals surface area (Å²) in [4.78, 5) is 14.3. The Balaban J connectivity index is 0.000000216. The van der Waals surface area contributed by atoms with Crippen LogP contribution in [-0.4, -0.2) is 30.3 Å². The number of nitrogens with one attached hydrogen (secondary N) is 1. The fraction of sp³-hybridized carbons (Fsp3) is 0.323. The molecule has 0 aliphatic heterocycles. The van der Waals surface area contributed by atoms with E-state index < -0.39 is 6.04 Å². The van der Waals surface area contributed by atoms with Crippen LogP contribution in [0.5, 0.6) is 0 Å². The molecule has 4 nitrogen and oxygen atoms in total. The predicted octanol–water partition coefficient (Wildman–Crippen LogP) is 6.66. The van der Waals surface area contributed by atoms with Gasteiger partial charge in [0.15, 0.2) is 0 Å². The van der Waals surface area contributed by atoms with Crippen LogP contribution in [0.25, 0.3) is 21.5 Å². The van der Waals surface area contributed by atoms with Crippen LogP contribution < -0.4 is 16.8 Å². The van der Waals surface area contributed by atoms with Crippen molar-refractivity contribution in [3.63, 3.8) is 0 Å². The van der Waals surface area contributed by atoms with E-state index in [-0.39, 0.29) is 11.9 Å². The van der Waals surface area contributed by atoms with Crippen molar-refractivity contribution in [3.8, 4) is 0 Å². The van der Waals surface area contributed by atoms with Crippen molar-refractivity contribution >= 4 is 51.8 Å². The molecule has 0 saturated carbocycles. The van der Waals surface area contributed by atoms with Crippen molar-refractivity contribution in [1.82, 2.24) is 5.32 Å². The number of hydrogen-bond donors (Lipinski definition) is 4. The lowest BCUT2D eigenvalue weighted by Crippen LogP contribution is -2.46. The number of benzene rings is 4. The highest BCUT2D eigenvalue weighted by Crippen LogP contribution is 2.32. The first-order valence-corrected chi connectivity index (χ1v) is 14.4. The Morgan fingerprint density at radius 1 is 0.865 bits per heavy atom. The molecule has 0 aliphatic rings. The molecule has 4 rings (SSSR count). The maximum Gasteiger partial charge on any atom is 0.237 e. The van der Waals surface area contributed by atoms with Crippen LogP contribution in [0, 0.1) is 5.92 Å². The Labute approximate surface area is 231 Å². The topological polar surface area (TPSA) is 81.1 Å². The van der Waals surface area contributed by atoms with Gasteiger partial charge in [0.05, 0.1) is 6.04 Å². The number of carbonyl (C=O) groups excluding carboxylic acids is 1. The molecule has 0 radical (unpaired) electrons. The van der Waals surface area contributed by atoms with Crippen molar-refractivity contribution in [1.29, 1.82) is 0 Å². The minimum absolute atomic E-state index is 0.0897. The zero-order valence-corrected chi connectivity index (χ0v) is 23.5. The van der Waals surface area contributed by atoms with E-state index in [0.29, 0.717) is 24.6 Å². The molecule has 6 heteroatoms. The molecule has 0 heterocycles. The summed E-state index contributed by atoms with van der Waals surface area (Å²) in [5.74, 6) is 1.10. The number of carbonyl (C=O) groups is 1. The number of rotatable bonds is 10. The number of fused-ring (bicyclic) bond motifs is 2. The third kappa shape index (κ3) is 9.38. The average Bonchev–Trinajstić information content (AvgIpc) is 2.91. The Bertz CT molecular complexity index is 1200. The monoisotopic (exact) mass is 533 g/mol. The number of amides is 1. The van der Waals surface area contributed by atoms with Gasteiger partial charge in [0.2, 0.25) is 5.91 Å². The van der Waals surface area contributed by atoms with E-state index in [1.807, 2.05) is 11.8 Å². The molecular formula is C31H39N3OS2. The lowest BCUT2D eigenvalue weighted by Gasteiger charge is -2.20. The third-order valence-electron chi connectivity index (χ3n) is 6.06. The first-order chi connectivity index (χ1) is 17.9.